The molecule has 0 aliphatic carbocycles. The van der Waals surface area contributed by atoms with Crippen molar-refractivity contribution >= 4 is 37.7 Å². The van der Waals surface area contributed by atoms with Crippen LogP contribution in [0.25, 0.3) is 9.66 Å². The highest BCUT2D eigenvalue weighted by Gasteiger charge is 2.02. The highest BCUT2D eigenvalue weighted by atomic mass is 32.2. The van der Waals surface area contributed by atoms with Crippen LogP contribution < -0.4 is 5.73 Å². The van der Waals surface area contributed by atoms with Gasteiger partial charge in [-0.1, -0.05) is 15.8 Å². The molecule has 0 aromatic carbocycles. The Morgan fingerprint density at radius 1 is 1.44 bits per heavy atom. The first-order chi connectivity index (χ1) is 4.36. The fraction of sp³-hybridized carbons (Fsp3) is 0. The summed E-state index contributed by atoms with van der Waals surface area (Å²) in [6.07, 6.45) is 0. The number of nitrogen functional groups attached to an aromatic ring is 1. The van der Waals surface area contributed by atoms with Crippen LogP contribution in [0.4, 0.5) is 5.13 Å². The van der Waals surface area contributed by atoms with Gasteiger partial charge in [-0.05, 0) is 0 Å². The van der Waals surface area contributed by atoms with E-state index in [9.17, 15) is 0 Å². The number of anilines is 1. The van der Waals surface area contributed by atoms with Crippen LogP contribution in [0, 0.1) is 0 Å². The van der Waals surface area contributed by atoms with E-state index in [1.165, 1.54) is 22.9 Å². The van der Waals surface area contributed by atoms with Crippen molar-refractivity contribution in [3.8, 4) is 0 Å². The van der Waals surface area contributed by atoms with Crippen molar-refractivity contribution in [2.75, 3.05) is 5.73 Å². The molecule has 6 heteroatoms. The van der Waals surface area contributed by atoms with E-state index in [1.807, 2.05) is 0 Å². The van der Waals surface area contributed by atoms with Crippen LogP contribution in [0.1, 0.15) is 0 Å². The molecule has 2 aromatic heterocycles. The number of hydrogen-bond donors (Lipinski definition) is 1. The number of hydrogen-bond acceptors (Lipinski definition) is 6. The fourth-order valence-corrected chi connectivity index (χ4v) is 1.90. The normalized spacial score (nSPS) is 10.7. The predicted octanol–water partition coefficient (Wildman–Crippen LogP) is 0.730. The Morgan fingerprint density at radius 3 is 3.11 bits per heavy atom. The number of aromatic nitrogens is 3. The van der Waals surface area contributed by atoms with Crippen molar-refractivity contribution in [3.63, 3.8) is 0 Å². The Bertz CT molecular complexity index is 295. The van der Waals surface area contributed by atoms with Gasteiger partial charge < -0.3 is 5.73 Å². The lowest BCUT2D eigenvalue weighted by Gasteiger charge is -1.69. The first-order valence-electron chi connectivity index (χ1n) is 2.20. The molecule has 4 nitrogen and oxygen atoms in total. The van der Waals surface area contributed by atoms with Gasteiger partial charge in [-0.25, -0.2) is 0 Å². The minimum atomic E-state index is 0.561. The molecule has 2 rings (SSSR count). The van der Waals surface area contributed by atoms with Crippen molar-refractivity contribution in [2.45, 2.75) is 0 Å². The van der Waals surface area contributed by atoms with Gasteiger partial charge >= 0.3 is 0 Å². The summed E-state index contributed by atoms with van der Waals surface area (Å²) < 4.78 is 4.68. The minimum absolute atomic E-state index is 0.561. The van der Waals surface area contributed by atoms with E-state index in [0.29, 0.717) is 10.8 Å². The number of rotatable bonds is 0. The molecular weight excluding hydrogens is 156 g/mol. The average Bonchev–Trinajstić information content (AvgIpc) is 2.22. The molecule has 0 amide bonds. The van der Waals surface area contributed by atoms with E-state index >= 15 is 0 Å². The maximum absolute atomic E-state index is 5.38. The summed E-state index contributed by atoms with van der Waals surface area (Å²) in [4.78, 5) is 3.91. The van der Waals surface area contributed by atoms with Crippen molar-refractivity contribution in [1.29, 1.82) is 0 Å². The molecule has 0 atom stereocenters. The lowest BCUT2D eigenvalue weighted by Crippen LogP contribution is -1.79. The summed E-state index contributed by atoms with van der Waals surface area (Å²) in [5.74, 6) is 0. The smallest absolute Gasteiger partial charge is 0.207 e. The zero-order chi connectivity index (χ0) is 6.27. The minimum Gasteiger partial charge on any atom is -0.375 e. The highest BCUT2D eigenvalue weighted by Crippen LogP contribution is 2.23. The Kier molecular flexibility index (Phi) is 0.908. The second kappa shape index (κ2) is 1.61. The van der Waals surface area contributed by atoms with Crippen LogP contribution in [-0.4, -0.2) is 14.6 Å². The molecule has 0 spiro atoms. The summed E-state index contributed by atoms with van der Waals surface area (Å²) in [5.41, 5.74) is 6.05. The lowest BCUT2D eigenvalue weighted by molar-refractivity contribution is 1.17. The van der Waals surface area contributed by atoms with Gasteiger partial charge in [0.25, 0.3) is 0 Å². The Hall–Kier alpha value is -0.750. The summed E-state index contributed by atoms with van der Waals surface area (Å²) in [6.45, 7) is 0. The third-order valence-electron chi connectivity index (χ3n) is 0.855. The van der Waals surface area contributed by atoms with E-state index in [4.69, 9.17) is 5.73 Å². The third-order valence-corrected chi connectivity index (χ3v) is 2.51. The first-order valence-corrected chi connectivity index (χ1v) is 3.79. The maximum Gasteiger partial charge on any atom is 0.207 e. The van der Waals surface area contributed by atoms with Crippen LogP contribution in [0.3, 0.4) is 0 Å². The monoisotopic (exact) mass is 158 g/mol. The van der Waals surface area contributed by atoms with Gasteiger partial charge in [0.05, 0.1) is 0 Å². The topological polar surface area (TPSA) is 64.7 Å². The van der Waals surface area contributed by atoms with Crippen LogP contribution in [0.15, 0.2) is 0 Å². The van der Waals surface area contributed by atoms with Gasteiger partial charge in [-0.3, -0.25) is 0 Å². The summed E-state index contributed by atoms with van der Waals surface area (Å²) in [6, 6.07) is 0. The zero-order valence-electron chi connectivity index (χ0n) is 4.24. The standard InChI is InChI=1S/C3H2N4S2/c4-3-5-1-2(8-3)9-7-6-1/h(H2,4,5). The molecule has 46 valence electrons. The first kappa shape index (κ1) is 5.07. The fourth-order valence-electron chi connectivity index (χ4n) is 0.532. The molecule has 2 N–H and O–H groups in total. The van der Waals surface area contributed by atoms with Gasteiger partial charge in [0.15, 0.2) is 9.15 Å². The van der Waals surface area contributed by atoms with E-state index in [1.54, 1.807) is 0 Å². The predicted molar refractivity (Wildman–Crippen MR) is 37.5 cm³/mol. The summed E-state index contributed by atoms with van der Waals surface area (Å²) in [5, 5.41) is 4.29. The van der Waals surface area contributed by atoms with Crippen molar-refractivity contribution in [1.82, 2.24) is 14.6 Å². The Balaban J connectivity index is 2.92. The highest BCUT2D eigenvalue weighted by molar-refractivity contribution is 7.37. The molecular formula is C3H2N4S2. The second-order valence-electron chi connectivity index (χ2n) is 1.44. The molecule has 0 saturated carbocycles. The number of nitrogens with two attached hydrogens (primary N) is 1. The van der Waals surface area contributed by atoms with Gasteiger partial charge in [-0.15, -0.1) is 5.10 Å². The molecule has 0 aliphatic rings. The van der Waals surface area contributed by atoms with Crippen LogP contribution in [0.5, 0.6) is 0 Å². The maximum atomic E-state index is 5.38. The van der Waals surface area contributed by atoms with E-state index in [2.05, 4.69) is 14.6 Å². The van der Waals surface area contributed by atoms with Crippen molar-refractivity contribution in [3.05, 3.63) is 0 Å². The average molecular weight is 158 g/mol. The molecule has 0 bridgehead atoms. The second-order valence-corrected chi connectivity index (χ2v) is 3.48. The van der Waals surface area contributed by atoms with Crippen LogP contribution in [-0.2, 0) is 0 Å². The lowest BCUT2D eigenvalue weighted by atomic mass is 10.9. The molecule has 0 aliphatic heterocycles. The zero-order valence-corrected chi connectivity index (χ0v) is 5.87. The summed E-state index contributed by atoms with van der Waals surface area (Å²) in [7, 11) is 0. The Morgan fingerprint density at radius 2 is 2.33 bits per heavy atom. The molecule has 2 heterocycles. The van der Waals surface area contributed by atoms with Crippen molar-refractivity contribution < 1.29 is 0 Å². The van der Waals surface area contributed by atoms with Gasteiger partial charge in [0.1, 0.15) is 0 Å². The third kappa shape index (κ3) is 0.672. The number of thiazole rings is 1. The largest absolute Gasteiger partial charge is 0.375 e. The van der Waals surface area contributed by atoms with E-state index in [-0.39, 0.29) is 0 Å². The molecule has 0 saturated heterocycles. The van der Waals surface area contributed by atoms with Gasteiger partial charge in [0, 0.05) is 11.5 Å². The van der Waals surface area contributed by atoms with Gasteiger partial charge in [-0.2, -0.15) is 4.98 Å². The molecule has 0 fully saturated rings. The summed E-state index contributed by atoms with van der Waals surface area (Å²) >= 11 is 2.74. The molecule has 2 aromatic rings. The van der Waals surface area contributed by atoms with Gasteiger partial charge in [0.2, 0.25) is 5.65 Å². The molecule has 0 unspecified atom stereocenters. The quantitative estimate of drug-likeness (QED) is 0.613. The molecule has 0 radical (unpaired) electrons. The SMILES string of the molecule is Nc1nc2nnsc2s1. The number of nitrogens with zero attached hydrogens (tertiary/aromatic N) is 3. The molecule has 9 heavy (non-hydrogen) atoms. The van der Waals surface area contributed by atoms with Crippen molar-refractivity contribution in [2.24, 2.45) is 0 Å². The number of fused-ring (bicyclic) bond motifs is 1. The van der Waals surface area contributed by atoms with Crippen LogP contribution >= 0.6 is 22.9 Å². The Labute approximate surface area is 58.5 Å². The van der Waals surface area contributed by atoms with E-state index < -0.39 is 0 Å². The van der Waals surface area contributed by atoms with Crippen LogP contribution in [0.2, 0.25) is 0 Å². The van der Waals surface area contributed by atoms with E-state index in [0.717, 1.165) is 4.01 Å².